The van der Waals surface area contributed by atoms with Crippen LogP contribution >= 0.6 is 0 Å². The third-order valence-electron chi connectivity index (χ3n) is 1.21. The van der Waals surface area contributed by atoms with Crippen LogP contribution < -0.4 is 0 Å². The summed E-state index contributed by atoms with van der Waals surface area (Å²) in [5.74, 6) is 0.775. The maximum atomic E-state index is 8.25. The Kier molecular flexibility index (Phi) is 1.55. The number of hydrogen-bond acceptors (Lipinski definition) is 2. The third kappa shape index (κ3) is 1.11. The topological polar surface area (TPSA) is 36.9 Å². The van der Waals surface area contributed by atoms with Gasteiger partial charge in [-0.3, -0.25) is 0 Å². The Hall–Kier alpha value is -1.23. The maximum absolute atomic E-state index is 8.25. The van der Waals surface area contributed by atoms with Crippen molar-refractivity contribution in [3.8, 4) is 6.07 Å². The van der Waals surface area contributed by atoms with Crippen LogP contribution in [-0.2, 0) is 6.42 Å². The Balaban J connectivity index is 2.84. The van der Waals surface area contributed by atoms with Gasteiger partial charge in [0.15, 0.2) is 0 Å². The molecule has 0 saturated carbocycles. The minimum Gasteiger partial charge on any atom is -0.468 e. The molecule has 1 rings (SSSR count). The van der Waals surface area contributed by atoms with Crippen molar-refractivity contribution in [2.45, 2.75) is 13.3 Å². The van der Waals surface area contributed by atoms with E-state index in [1.165, 1.54) is 0 Å². The molecule has 0 amide bonds. The second-order valence-corrected chi connectivity index (χ2v) is 1.86. The first kappa shape index (κ1) is 5.90. The van der Waals surface area contributed by atoms with Crippen LogP contribution in [0, 0.1) is 18.3 Å². The largest absolute Gasteiger partial charge is 0.468 e. The van der Waals surface area contributed by atoms with Crippen molar-refractivity contribution in [2.24, 2.45) is 0 Å². The molecule has 0 aromatic carbocycles. The van der Waals surface area contributed by atoms with Crippen molar-refractivity contribution >= 4 is 0 Å². The predicted molar refractivity (Wildman–Crippen MR) is 32.8 cm³/mol. The zero-order valence-electron chi connectivity index (χ0n) is 5.22. The molecule has 0 atom stereocenters. The molecule has 0 aliphatic carbocycles. The second kappa shape index (κ2) is 2.36. The molecule has 0 saturated heterocycles. The lowest BCUT2D eigenvalue weighted by Crippen LogP contribution is -1.77. The van der Waals surface area contributed by atoms with E-state index < -0.39 is 0 Å². The monoisotopic (exact) mass is 121 g/mol. The van der Waals surface area contributed by atoms with Crippen LogP contribution in [0.2, 0.25) is 0 Å². The molecule has 9 heavy (non-hydrogen) atoms. The molecule has 0 radical (unpaired) electrons. The van der Waals surface area contributed by atoms with Gasteiger partial charge in [-0.15, -0.1) is 0 Å². The minimum atomic E-state index is 0.374. The highest BCUT2D eigenvalue weighted by molar-refractivity contribution is 5.17. The standard InChI is InChI=1S/C7H7NO/c1-6-3-5-9-7(6)2-4-8/h3,5H,2H2,1H3. The van der Waals surface area contributed by atoms with E-state index in [1.807, 2.05) is 19.1 Å². The van der Waals surface area contributed by atoms with E-state index in [1.54, 1.807) is 6.26 Å². The van der Waals surface area contributed by atoms with Gasteiger partial charge in [0.1, 0.15) is 5.76 Å². The number of furan rings is 1. The summed E-state index contributed by atoms with van der Waals surface area (Å²) in [5, 5.41) is 8.25. The van der Waals surface area contributed by atoms with Gasteiger partial charge in [0.05, 0.1) is 18.8 Å². The average Bonchev–Trinajstić information content (AvgIpc) is 2.18. The highest BCUT2D eigenvalue weighted by Crippen LogP contribution is 2.07. The fourth-order valence-corrected chi connectivity index (χ4v) is 0.657. The summed E-state index contributed by atoms with van der Waals surface area (Å²) >= 11 is 0. The third-order valence-corrected chi connectivity index (χ3v) is 1.21. The summed E-state index contributed by atoms with van der Waals surface area (Å²) in [7, 11) is 0. The lowest BCUT2D eigenvalue weighted by atomic mass is 10.2. The van der Waals surface area contributed by atoms with Crippen LogP contribution in [0.4, 0.5) is 0 Å². The van der Waals surface area contributed by atoms with Gasteiger partial charge in [-0.05, 0) is 18.6 Å². The maximum Gasteiger partial charge on any atom is 0.120 e. The molecule has 1 aromatic rings. The fraction of sp³-hybridized carbons (Fsp3) is 0.286. The van der Waals surface area contributed by atoms with Gasteiger partial charge >= 0.3 is 0 Å². The van der Waals surface area contributed by atoms with Crippen LogP contribution in [0.15, 0.2) is 16.7 Å². The van der Waals surface area contributed by atoms with E-state index in [0.29, 0.717) is 6.42 Å². The van der Waals surface area contributed by atoms with E-state index >= 15 is 0 Å². The van der Waals surface area contributed by atoms with Gasteiger partial charge in [0, 0.05) is 0 Å². The predicted octanol–water partition coefficient (Wildman–Crippen LogP) is 1.65. The molecular weight excluding hydrogens is 114 g/mol. The highest BCUT2D eigenvalue weighted by Gasteiger charge is 1.97. The van der Waals surface area contributed by atoms with Crippen LogP contribution in [0.5, 0.6) is 0 Å². The fourth-order valence-electron chi connectivity index (χ4n) is 0.657. The number of hydrogen-bond donors (Lipinski definition) is 0. The first-order valence-corrected chi connectivity index (χ1v) is 2.74. The second-order valence-electron chi connectivity index (χ2n) is 1.86. The zero-order chi connectivity index (χ0) is 6.69. The summed E-state index contributed by atoms with van der Waals surface area (Å²) < 4.78 is 4.98. The molecule has 0 unspecified atom stereocenters. The van der Waals surface area contributed by atoms with Gasteiger partial charge in [0.2, 0.25) is 0 Å². The molecular formula is C7H7NO. The van der Waals surface area contributed by atoms with Crippen molar-refractivity contribution in [3.63, 3.8) is 0 Å². The van der Waals surface area contributed by atoms with Crippen molar-refractivity contribution in [3.05, 3.63) is 23.7 Å². The van der Waals surface area contributed by atoms with E-state index in [0.717, 1.165) is 11.3 Å². The molecule has 0 spiro atoms. The Morgan fingerprint density at radius 3 is 3.00 bits per heavy atom. The molecule has 0 fully saturated rings. The smallest absolute Gasteiger partial charge is 0.120 e. The first-order chi connectivity index (χ1) is 4.34. The van der Waals surface area contributed by atoms with Gasteiger partial charge in [-0.25, -0.2) is 0 Å². The van der Waals surface area contributed by atoms with Gasteiger partial charge in [0.25, 0.3) is 0 Å². The van der Waals surface area contributed by atoms with Crippen LogP contribution in [0.3, 0.4) is 0 Å². The summed E-state index contributed by atoms with van der Waals surface area (Å²) in [6.07, 6.45) is 1.97. The van der Waals surface area contributed by atoms with Crippen molar-refractivity contribution in [2.75, 3.05) is 0 Å². The number of nitriles is 1. The van der Waals surface area contributed by atoms with Crippen LogP contribution in [-0.4, -0.2) is 0 Å². The summed E-state index contributed by atoms with van der Waals surface area (Å²) in [4.78, 5) is 0. The van der Waals surface area contributed by atoms with E-state index in [9.17, 15) is 0 Å². The zero-order valence-corrected chi connectivity index (χ0v) is 5.22. The van der Waals surface area contributed by atoms with Gasteiger partial charge in [-0.2, -0.15) is 5.26 Å². The van der Waals surface area contributed by atoms with E-state index in [-0.39, 0.29) is 0 Å². The Bertz CT molecular complexity index is 231. The van der Waals surface area contributed by atoms with Crippen molar-refractivity contribution in [1.82, 2.24) is 0 Å². The highest BCUT2D eigenvalue weighted by atomic mass is 16.3. The molecule has 1 aromatic heterocycles. The number of nitrogens with zero attached hydrogens (tertiary/aromatic N) is 1. The molecule has 46 valence electrons. The molecule has 2 nitrogen and oxygen atoms in total. The van der Waals surface area contributed by atoms with Crippen LogP contribution in [0.1, 0.15) is 11.3 Å². The molecule has 2 heteroatoms. The summed E-state index contributed by atoms with van der Waals surface area (Å²) in [6, 6.07) is 3.87. The van der Waals surface area contributed by atoms with Crippen molar-refractivity contribution in [1.29, 1.82) is 5.26 Å². The van der Waals surface area contributed by atoms with Crippen LogP contribution in [0.25, 0.3) is 0 Å². The average molecular weight is 121 g/mol. The molecule has 1 heterocycles. The lowest BCUT2D eigenvalue weighted by molar-refractivity contribution is 0.521. The van der Waals surface area contributed by atoms with Gasteiger partial charge in [-0.1, -0.05) is 0 Å². The number of rotatable bonds is 1. The summed E-state index contributed by atoms with van der Waals surface area (Å²) in [5.41, 5.74) is 1.05. The molecule has 0 N–H and O–H groups in total. The Morgan fingerprint density at radius 2 is 2.56 bits per heavy atom. The molecule has 0 aliphatic rings. The number of aryl methyl sites for hydroxylation is 1. The molecule has 0 aliphatic heterocycles. The minimum absolute atomic E-state index is 0.374. The quantitative estimate of drug-likeness (QED) is 0.566. The molecule has 0 bridgehead atoms. The van der Waals surface area contributed by atoms with E-state index in [2.05, 4.69) is 0 Å². The van der Waals surface area contributed by atoms with Crippen molar-refractivity contribution < 1.29 is 4.42 Å². The Labute approximate surface area is 53.7 Å². The lowest BCUT2D eigenvalue weighted by Gasteiger charge is -1.85. The summed E-state index contributed by atoms with van der Waals surface area (Å²) in [6.45, 7) is 1.93. The first-order valence-electron chi connectivity index (χ1n) is 2.74. The Morgan fingerprint density at radius 1 is 1.78 bits per heavy atom. The van der Waals surface area contributed by atoms with Gasteiger partial charge < -0.3 is 4.42 Å². The van der Waals surface area contributed by atoms with E-state index in [4.69, 9.17) is 9.68 Å². The SMILES string of the molecule is Cc1ccoc1CC#N. The normalized spacial score (nSPS) is 8.89.